The Kier molecular flexibility index (Phi) is 5.53. The summed E-state index contributed by atoms with van der Waals surface area (Å²) in [5.74, 6) is 6.08. The van der Waals surface area contributed by atoms with Gasteiger partial charge in [-0.15, -0.1) is 0 Å². The lowest BCUT2D eigenvalue weighted by Crippen LogP contribution is -2.09. The van der Waals surface area contributed by atoms with Crippen molar-refractivity contribution in [2.75, 3.05) is 13.2 Å². The van der Waals surface area contributed by atoms with Gasteiger partial charge < -0.3 is 10.5 Å². The van der Waals surface area contributed by atoms with Gasteiger partial charge in [0.25, 0.3) is 0 Å². The normalized spacial score (nSPS) is 10.7. The molecule has 0 aliphatic carbocycles. The van der Waals surface area contributed by atoms with Gasteiger partial charge in [-0.05, 0) is 30.7 Å². The number of hydrogen-bond donors (Lipinski definition) is 1. The van der Waals surface area contributed by atoms with Crippen LogP contribution in [0.4, 0.5) is 13.2 Å². The topological polar surface area (TPSA) is 35.2 Å². The highest BCUT2D eigenvalue weighted by atomic mass is 19.4. The Hall–Kier alpha value is -1.67. The Morgan fingerprint density at radius 3 is 2.39 bits per heavy atom. The third kappa shape index (κ3) is 6.16. The van der Waals surface area contributed by atoms with E-state index in [1.54, 1.807) is 24.3 Å². The second-order valence-electron chi connectivity index (χ2n) is 3.60. The number of rotatable bonds is 4. The minimum Gasteiger partial charge on any atom is -0.494 e. The SMILES string of the molecule is NCC#Cc1ccc(OCCCC(F)(F)F)cc1. The van der Waals surface area contributed by atoms with Gasteiger partial charge in [0.15, 0.2) is 0 Å². The van der Waals surface area contributed by atoms with E-state index in [1.165, 1.54) is 0 Å². The molecule has 0 saturated heterocycles. The van der Waals surface area contributed by atoms with Crippen molar-refractivity contribution in [3.8, 4) is 17.6 Å². The number of alkyl halides is 3. The van der Waals surface area contributed by atoms with E-state index >= 15 is 0 Å². The zero-order valence-electron chi connectivity index (χ0n) is 9.76. The molecule has 0 radical (unpaired) electrons. The molecule has 0 aliphatic heterocycles. The molecule has 98 valence electrons. The molecule has 2 nitrogen and oxygen atoms in total. The second-order valence-corrected chi connectivity index (χ2v) is 3.60. The van der Waals surface area contributed by atoms with Crippen LogP contribution in [0.1, 0.15) is 18.4 Å². The number of ether oxygens (including phenoxy) is 1. The summed E-state index contributed by atoms with van der Waals surface area (Å²) in [6.07, 6.45) is -4.99. The van der Waals surface area contributed by atoms with Gasteiger partial charge in [-0.25, -0.2) is 0 Å². The van der Waals surface area contributed by atoms with E-state index in [4.69, 9.17) is 10.5 Å². The summed E-state index contributed by atoms with van der Waals surface area (Å²) in [5, 5.41) is 0. The van der Waals surface area contributed by atoms with Gasteiger partial charge in [-0.1, -0.05) is 11.8 Å². The predicted octanol–water partition coefficient (Wildman–Crippen LogP) is 2.72. The van der Waals surface area contributed by atoms with Crippen LogP contribution in [-0.2, 0) is 0 Å². The summed E-state index contributed by atoms with van der Waals surface area (Å²) in [6.45, 7) is 0.336. The van der Waals surface area contributed by atoms with Crippen LogP contribution in [0.25, 0.3) is 0 Å². The molecule has 2 N–H and O–H groups in total. The Morgan fingerprint density at radius 1 is 1.17 bits per heavy atom. The quantitative estimate of drug-likeness (QED) is 0.665. The molecule has 1 aromatic carbocycles. The summed E-state index contributed by atoms with van der Waals surface area (Å²) in [5.41, 5.74) is 6.03. The van der Waals surface area contributed by atoms with Crippen LogP contribution in [0, 0.1) is 11.8 Å². The molecule has 1 aromatic rings. The minimum atomic E-state index is -4.12. The molecule has 5 heteroatoms. The molecule has 0 saturated carbocycles. The maximum atomic E-state index is 11.9. The van der Waals surface area contributed by atoms with Gasteiger partial charge >= 0.3 is 6.18 Å². The van der Waals surface area contributed by atoms with Crippen LogP contribution < -0.4 is 10.5 Å². The lowest BCUT2D eigenvalue weighted by molar-refractivity contribution is -0.136. The Labute approximate surface area is 104 Å². The van der Waals surface area contributed by atoms with E-state index in [-0.39, 0.29) is 19.6 Å². The van der Waals surface area contributed by atoms with E-state index < -0.39 is 12.6 Å². The molecule has 0 aliphatic rings. The first-order valence-electron chi connectivity index (χ1n) is 5.50. The first-order chi connectivity index (χ1) is 8.51. The molecule has 0 amide bonds. The third-order valence-corrected chi connectivity index (χ3v) is 2.06. The number of halogens is 3. The Morgan fingerprint density at radius 2 is 1.83 bits per heavy atom. The standard InChI is InChI=1S/C13H14F3NO/c14-13(15,16)8-2-10-18-12-6-4-11(5-7-12)3-1-9-17/h4-7H,2,8-10,17H2. The molecule has 1 rings (SSSR count). The first kappa shape index (κ1) is 14.4. The van der Waals surface area contributed by atoms with E-state index in [2.05, 4.69) is 11.8 Å². The van der Waals surface area contributed by atoms with Crippen molar-refractivity contribution in [3.05, 3.63) is 29.8 Å². The molecular weight excluding hydrogens is 243 g/mol. The van der Waals surface area contributed by atoms with Gasteiger partial charge in [-0.2, -0.15) is 13.2 Å². The van der Waals surface area contributed by atoms with E-state index in [1.807, 2.05) is 0 Å². The maximum Gasteiger partial charge on any atom is 0.389 e. The highest BCUT2D eigenvalue weighted by molar-refractivity contribution is 5.38. The summed E-state index contributed by atoms with van der Waals surface area (Å²) < 4.78 is 40.8. The van der Waals surface area contributed by atoms with E-state index in [0.717, 1.165) is 5.56 Å². The highest BCUT2D eigenvalue weighted by Gasteiger charge is 2.25. The lowest BCUT2D eigenvalue weighted by atomic mass is 10.2. The largest absolute Gasteiger partial charge is 0.494 e. The predicted molar refractivity (Wildman–Crippen MR) is 63.2 cm³/mol. The molecule has 0 bridgehead atoms. The monoisotopic (exact) mass is 257 g/mol. The van der Waals surface area contributed by atoms with Crippen LogP contribution in [0.5, 0.6) is 5.75 Å². The van der Waals surface area contributed by atoms with Crippen LogP contribution in [0.3, 0.4) is 0 Å². The fourth-order valence-electron chi connectivity index (χ4n) is 1.25. The van der Waals surface area contributed by atoms with Gasteiger partial charge in [0, 0.05) is 12.0 Å². The molecule has 0 spiro atoms. The lowest BCUT2D eigenvalue weighted by Gasteiger charge is -2.08. The molecule has 0 atom stereocenters. The van der Waals surface area contributed by atoms with Crippen molar-refractivity contribution in [3.63, 3.8) is 0 Å². The summed E-state index contributed by atoms with van der Waals surface area (Å²) in [6, 6.07) is 6.83. The van der Waals surface area contributed by atoms with Crippen molar-refractivity contribution < 1.29 is 17.9 Å². The summed E-state index contributed by atoms with van der Waals surface area (Å²) >= 11 is 0. The number of hydrogen-bond acceptors (Lipinski definition) is 2. The molecule has 0 aromatic heterocycles. The van der Waals surface area contributed by atoms with Crippen LogP contribution in [0.2, 0.25) is 0 Å². The van der Waals surface area contributed by atoms with E-state index in [0.29, 0.717) is 5.75 Å². The molecular formula is C13H14F3NO. The Bertz CT molecular complexity index is 415. The van der Waals surface area contributed by atoms with Crippen molar-refractivity contribution in [1.29, 1.82) is 0 Å². The van der Waals surface area contributed by atoms with E-state index in [9.17, 15) is 13.2 Å². The number of benzene rings is 1. The van der Waals surface area contributed by atoms with Crippen molar-refractivity contribution >= 4 is 0 Å². The van der Waals surface area contributed by atoms with Gasteiger partial charge in [0.2, 0.25) is 0 Å². The van der Waals surface area contributed by atoms with Crippen LogP contribution in [-0.4, -0.2) is 19.3 Å². The average molecular weight is 257 g/mol. The first-order valence-corrected chi connectivity index (χ1v) is 5.50. The van der Waals surface area contributed by atoms with Gasteiger partial charge in [0.1, 0.15) is 5.75 Å². The van der Waals surface area contributed by atoms with Crippen molar-refractivity contribution in [2.24, 2.45) is 5.73 Å². The minimum absolute atomic E-state index is 0.0434. The van der Waals surface area contributed by atoms with Crippen LogP contribution >= 0.6 is 0 Å². The number of nitrogens with two attached hydrogens (primary N) is 1. The van der Waals surface area contributed by atoms with Crippen molar-refractivity contribution in [2.45, 2.75) is 19.0 Å². The third-order valence-electron chi connectivity index (χ3n) is 2.06. The van der Waals surface area contributed by atoms with Crippen molar-refractivity contribution in [1.82, 2.24) is 0 Å². The second kappa shape index (κ2) is 6.92. The Balaban J connectivity index is 2.35. The maximum absolute atomic E-state index is 11.9. The summed E-state index contributed by atoms with van der Waals surface area (Å²) in [4.78, 5) is 0. The summed E-state index contributed by atoms with van der Waals surface area (Å²) in [7, 11) is 0. The van der Waals surface area contributed by atoms with Gasteiger partial charge in [0.05, 0.1) is 13.2 Å². The molecule has 18 heavy (non-hydrogen) atoms. The fraction of sp³-hybridized carbons (Fsp3) is 0.385. The van der Waals surface area contributed by atoms with Crippen LogP contribution in [0.15, 0.2) is 24.3 Å². The zero-order chi connectivity index (χ0) is 13.4. The molecule has 0 unspecified atom stereocenters. The zero-order valence-corrected chi connectivity index (χ0v) is 9.76. The highest BCUT2D eigenvalue weighted by Crippen LogP contribution is 2.21. The molecule has 0 fully saturated rings. The fourth-order valence-corrected chi connectivity index (χ4v) is 1.25. The average Bonchev–Trinajstić information content (AvgIpc) is 2.32. The van der Waals surface area contributed by atoms with Gasteiger partial charge in [-0.3, -0.25) is 0 Å². The smallest absolute Gasteiger partial charge is 0.389 e. The molecule has 0 heterocycles.